The zero-order valence-corrected chi connectivity index (χ0v) is 12.5. The largest absolute Gasteiger partial charge is 0.334 e. The van der Waals surface area contributed by atoms with E-state index >= 15 is 0 Å². The number of rotatable bonds is 4. The molecule has 0 fully saturated rings. The third kappa shape index (κ3) is 3.11. The molecule has 1 N–H and O–H groups in total. The van der Waals surface area contributed by atoms with Gasteiger partial charge in [-0.3, -0.25) is 4.79 Å². The number of nitrogens with zero attached hydrogens (tertiary/aromatic N) is 1. The Hall–Kier alpha value is -1.34. The van der Waals surface area contributed by atoms with Gasteiger partial charge < -0.3 is 5.32 Å². The predicted molar refractivity (Wildman–Crippen MR) is 75.3 cm³/mol. The number of halogens is 1. The van der Waals surface area contributed by atoms with Crippen LogP contribution in [-0.4, -0.2) is 11.4 Å². The van der Waals surface area contributed by atoms with Crippen molar-refractivity contribution in [3.63, 3.8) is 0 Å². The molecular formula is C14H17BrN2O. The van der Waals surface area contributed by atoms with Crippen LogP contribution in [0.4, 0.5) is 0 Å². The molecule has 4 heteroatoms. The van der Waals surface area contributed by atoms with E-state index in [0.29, 0.717) is 18.4 Å². The number of carbonyl (C=O) groups excluding carboxylic acids is 1. The molecule has 1 rings (SSSR count). The Balaban J connectivity index is 2.95. The highest BCUT2D eigenvalue weighted by Crippen LogP contribution is 2.19. The van der Waals surface area contributed by atoms with Crippen LogP contribution in [0.3, 0.4) is 0 Å². The molecule has 1 amide bonds. The van der Waals surface area contributed by atoms with Crippen molar-refractivity contribution in [3.8, 4) is 6.07 Å². The molecule has 1 aromatic carbocycles. The van der Waals surface area contributed by atoms with E-state index < -0.39 is 5.54 Å². The number of nitrogens with one attached hydrogen (secondary N) is 1. The highest BCUT2D eigenvalue weighted by atomic mass is 79.9. The first-order valence-electron chi connectivity index (χ1n) is 5.98. The first-order valence-corrected chi connectivity index (χ1v) is 6.77. The van der Waals surface area contributed by atoms with Gasteiger partial charge in [0.25, 0.3) is 5.91 Å². The number of carbonyl (C=O) groups is 1. The Morgan fingerprint density at radius 3 is 2.50 bits per heavy atom. The highest BCUT2D eigenvalue weighted by Gasteiger charge is 2.28. The summed E-state index contributed by atoms with van der Waals surface area (Å²) in [6.07, 6.45) is 1.20. The molecule has 0 aromatic heterocycles. The summed E-state index contributed by atoms with van der Waals surface area (Å²) in [6.45, 7) is 5.73. The summed E-state index contributed by atoms with van der Waals surface area (Å²) in [5, 5.41) is 12.0. The van der Waals surface area contributed by atoms with Crippen LogP contribution in [-0.2, 0) is 0 Å². The molecule has 0 radical (unpaired) electrons. The van der Waals surface area contributed by atoms with Gasteiger partial charge in [0, 0.05) is 10.0 Å². The van der Waals surface area contributed by atoms with Crippen LogP contribution in [0, 0.1) is 18.3 Å². The van der Waals surface area contributed by atoms with Gasteiger partial charge in [0.15, 0.2) is 0 Å². The molecule has 0 spiro atoms. The van der Waals surface area contributed by atoms with E-state index in [1.165, 1.54) is 0 Å². The molecular weight excluding hydrogens is 292 g/mol. The maximum Gasteiger partial charge on any atom is 0.252 e. The van der Waals surface area contributed by atoms with Crippen molar-refractivity contribution in [2.75, 3.05) is 0 Å². The number of hydrogen-bond donors (Lipinski definition) is 1. The van der Waals surface area contributed by atoms with E-state index in [0.717, 1.165) is 10.0 Å². The lowest BCUT2D eigenvalue weighted by molar-refractivity contribution is 0.0915. The summed E-state index contributed by atoms with van der Waals surface area (Å²) in [7, 11) is 0. The van der Waals surface area contributed by atoms with Gasteiger partial charge in [0.1, 0.15) is 5.54 Å². The monoisotopic (exact) mass is 308 g/mol. The third-order valence-corrected chi connectivity index (χ3v) is 4.08. The molecule has 0 bridgehead atoms. The van der Waals surface area contributed by atoms with Gasteiger partial charge in [-0.1, -0.05) is 29.8 Å². The zero-order chi connectivity index (χ0) is 13.8. The first-order chi connectivity index (χ1) is 8.48. The van der Waals surface area contributed by atoms with E-state index in [-0.39, 0.29) is 5.91 Å². The summed E-state index contributed by atoms with van der Waals surface area (Å²) >= 11 is 3.40. The van der Waals surface area contributed by atoms with E-state index in [1.54, 1.807) is 6.07 Å². The van der Waals surface area contributed by atoms with Crippen LogP contribution < -0.4 is 5.32 Å². The molecule has 0 heterocycles. The van der Waals surface area contributed by atoms with Gasteiger partial charge in [0.05, 0.1) is 6.07 Å². The van der Waals surface area contributed by atoms with Crippen LogP contribution in [0.25, 0.3) is 0 Å². The van der Waals surface area contributed by atoms with Gasteiger partial charge in [-0.15, -0.1) is 0 Å². The maximum atomic E-state index is 12.1. The van der Waals surface area contributed by atoms with Crippen molar-refractivity contribution >= 4 is 21.8 Å². The average Bonchev–Trinajstić information content (AvgIpc) is 2.39. The third-order valence-electron chi connectivity index (χ3n) is 3.19. The van der Waals surface area contributed by atoms with Gasteiger partial charge in [0.2, 0.25) is 0 Å². The van der Waals surface area contributed by atoms with Crippen LogP contribution in [0.15, 0.2) is 22.7 Å². The van der Waals surface area contributed by atoms with Gasteiger partial charge in [-0.05, 0) is 43.5 Å². The molecule has 0 aliphatic rings. The fourth-order valence-corrected chi connectivity index (χ4v) is 1.93. The smallest absolute Gasteiger partial charge is 0.252 e. The summed E-state index contributed by atoms with van der Waals surface area (Å²) in [5.41, 5.74) is 0.813. The second kappa shape index (κ2) is 6.01. The van der Waals surface area contributed by atoms with Crippen LogP contribution >= 0.6 is 15.9 Å². The van der Waals surface area contributed by atoms with E-state index in [1.807, 2.05) is 32.9 Å². The number of hydrogen-bond acceptors (Lipinski definition) is 2. The average molecular weight is 309 g/mol. The molecule has 96 valence electrons. The molecule has 0 unspecified atom stereocenters. The SMILES string of the molecule is CCC(C#N)(CC)NC(=O)c1ccc(Br)c(C)c1. The van der Waals surface area contributed by atoms with Crippen molar-refractivity contribution in [2.24, 2.45) is 0 Å². The lowest BCUT2D eigenvalue weighted by atomic mass is 9.94. The normalized spacial score (nSPS) is 10.8. The second-order valence-electron chi connectivity index (χ2n) is 4.32. The van der Waals surface area contributed by atoms with E-state index in [2.05, 4.69) is 27.3 Å². The predicted octanol–water partition coefficient (Wildman–Crippen LogP) is 3.57. The lowest BCUT2D eigenvalue weighted by Gasteiger charge is -2.25. The van der Waals surface area contributed by atoms with Crippen molar-refractivity contribution < 1.29 is 4.79 Å². The number of benzene rings is 1. The first kappa shape index (κ1) is 14.7. The fraction of sp³-hybridized carbons (Fsp3) is 0.429. The summed E-state index contributed by atoms with van der Waals surface area (Å²) in [6, 6.07) is 7.61. The standard InChI is InChI=1S/C14H17BrN2O/c1-4-14(5-2,9-16)17-13(18)11-6-7-12(15)10(3)8-11/h6-8H,4-5H2,1-3H3,(H,17,18). The second-order valence-corrected chi connectivity index (χ2v) is 5.17. The van der Waals surface area contributed by atoms with Crippen molar-refractivity contribution in [2.45, 2.75) is 39.2 Å². The Bertz CT molecular complexity index is 487. The minimum absolute atomic E-state index is 0.198. The highest BCUT2D eigenvalue weighted by molar-refractivity contribution is 9.10. The zero-order valence-electron chi connectivity index (χ0n) is 10.9. The Labute approximate surface area is 116 Å². The summed E-state index contributed by atoms with van der Waals surface area (Å²) in [4.78, 5) is 12.1. The molecule has 0 saturated carbocycles. The summed E-state index contributed by atoms with van der Waals surface area (Å²) in [5.74, 6) is -0.198. The lowest BCUT2D eigenvalue weighted by Crippen LogP contribution is -2.46. The molecule has 0 aliphatic heterocycles. The number of amides is 1. The quantitative estimate of drug-likeness (QED) is 0.924. The van der Waals surface area contributed by atoms with Crippen LogP contribution in [0.2, 0.25) is 0 Å². The molecule has 0 saturated heterocycles. The van der Waals surface area contributed by atoms with Crippen LogP contribution in [0.1, 0.15) is 42.6 Å². The molecule has 3 nitrogen and oxygen atoms in total. The Kier molecular flexibility index (Phi) is 4.92. The van der Waals surface area contributed by atoms with Gasteiger partial charge in [-0.2, -0.15) is 5.26 Å². The minimum atomic E-state index is -0.766. The van der Waals surface area contributed by atoms with E-state index in [9.17, 15) is 10.1 Å². The molecule has 18 heavy (non-hydrogen) atoms. The molecule has 1 aromatic rings. The van der Waals surface area contributed by atoms with Gasteiger partial charge in [-0.25, -0.2) is 0 Å². The number of nitriles is 1. The fourth-order valence-electron chi connectivity index (χ4n) is 1.69. The maximum absolute atomic E-state index is 12.1. The van der Waals surface area contributed by atoms with Crippen molar-refractivity contribution in [1.29, 1.82) is 5.26 Å². The van der Waals surface area contributed by atoms with Crippen LogP contribution in [0.5, 0.6) is 0 Å². The van der Waals surface area contributed by atoms with E-state index in [4.69, 9.17) is 0 Å². The summed E-state index contributed by atoms with van der Waals surface area (Å²) < 4.78 is 0.969. The number of aryl methyl sites for hydroxylation is 1. The van der Waals surface area contributed by atoms with Gasteiger partial charge >= 0.3 is 0 Å². The Morgan fingerprint density at radius 2 is 2.06 bits per heavy atom. The van der Waals surface area contributed by atoms with Crippen molar-refractivity contribution in [1.82, 2.24) is 5.32 Å². The van der Waals surface area contributed by atoms with Crippen molar-refractivity contribution in [3.05, 3.63) is 33.8 Å². The molecule has 0 aliphatic carbocycles. The topological polar surface area (TPSA) is 52.9 Å². The Morgan fingerprint density at radius 1 is 1.44 bits per heavy atom. The minimum Gasteiger partial charge on any atom is -0.334 e. The molecule has 0 atom stereocenters.